The average molecular weight is 567 g/mol. The topological polar surface area (TPSA) is 94.7 Å². The van der Waals surface area contributed by atoms with Crippen molar-refractivity contribution in [1.82, 2.24) is 24.8 Å². The van der Waals surface area contributed by atoms with E-state index in [1.54, 1.807) is 23.4 Å². The highest BCUT2D eigenvalue weighted by molar-refractivity contribution is 6.30. The molecule has 2 bridgehead atoms. The van der Waals surface area contributed by atoms with Gasteiger partial charge in [0.2, 0.25) is 5.91 Å². The predicted molar refractivity (Wildman–Crippen MR) is 157 cm³/mol. The summed E-state index contributed by atoms with van der Waals surface area (Å²) in [7, 11) is 0. The third kappa shape index (κ3) is 5.61. The van der Waals surface area contributed by atoms with E-state index >= 15 is 0 Å². The lowest BCUT2D eigenvalue weighted by Crippen LogP contribution is -2.58. The molecule has 9 nitrogen and oxygen atoms in total. The first-order valence-electron chi connectivity index (χ1n) is 14.0. The molecule has 2 aromatic heterocycles. The Bertz CT molecular complexity index is 1370. The van der Waals surface area contributed by atoms with Crippen molar-refractivity contribution in [3.8, 4) is 0 Å². The quantitative estimate of drug-likeness (QED) is 0.422. The van der Waals surface area contributed by atoms with Gasteiger partial charge in [-0.1, -0.05) is 23.7 Å². The predicted octanol–water partition coefficient (Wildman–Crippen LogP) is 5.53. The summed E-state index contributed by atoms with van der Waals surface area (Å²) in [6.45, 7) is 13.1. The van der Waals surface area contributed by atoms with Crippen molar-refractivity contribution in [3.05, 3.63) is 52.9 Å². The van der Waals surface area contributed by atoms with Gasteiger partial charge in [0.05, 0.1) is 11.3 Å². The molecule has 5 rings (SSSR count). The van der Waals surface area contributed by atoms with Gasteiger partial charge < -0.3 is 24.4 Å². The number of fused-ring (bicyclic) bond motifs is 3. The number of carbonyl (C=O) groups excluding carboxylic acids is 2. The number of aryl methyl sites for hydroxylation is 1. The third-order valence-corrected chi connectivity index (χ3v) is 8.14. The Labute approximate surface area is 240 Å². The fourth-order valence-electron chi connectivity index (χ4n) is 5.99. The highest BCUT2D eigenvalue weighted by atomic mass is 35.5. The Hall–Kier alpha value is -3.33. The van der Waals surface area contributed by atoms with E-state index in [0.29, 0.717) is 18.1 Å². The fraction of sp³-hybridized carbons (Fsp3) is 0.533. The zero-order valence-corrected chi connectivity index (χ0v) is 24.9. The second kappa shape index (κ2) is 10.9. The number of halogens is 1. The number of aromatic nitrogens is 3. The van der Waals surface area contributed by atoms with Crippen LogP contribution in [0.1, 0.15) is 64.5 Å². The Balaban J connectivity index is 1.43. The van der Waals surface area contributed by atoms with Crippen molar-refractivity contribution >= 4 is 40.5 Å². The van der Waals surface area contributed by atoms with Crippen LogP contribution in [0.15, 0.2) is 36.8 Å². The van der Waals surface area contributed by atoms with E-state index in [1.807, 2.05) is 52.9 Å². The number of benzene rings is 1. The van der Waals surface area contributed by atoms with E-state index in [1.165, 1.54) is 0 Å². The first-order chi connectivity index (χ1) is 18.9. The molecule has 2 saturated heterocycles. The van der Waals surface area contributed by atoms with Gasteiger partial charge in [0.1, 0.15) is 23.4 Å². The number of nitrogens with zero attached hydrogens (tertiary/aromatic N) is 5. The number of aromatic amines is 1. The number of H-pyrrole nitrogens is 1. The number of hydrogen-bond donors (Lipinski definition) is 1. The summed E-state index contributed by atoms with van der Waals surface area (Å²) < 4.78 is 5.72. The number of anilines is 1. The Kier molecular flexibility index (Phi) is 7.70. The fourth-order valence-corrected chi connectivity index (χ4v) is 6.11. The first-order valence-corrected chi connectivity index (χ1v) is 14.4. The number of ether oxygens (including phenoxy) is 1. The standard InChI is InChI=1S/C30H39ClN6O3/c1-18(2)36(29(39)40-30(4,5)6)16-24(20-7-9-21(31)10-8-20)28(38)37-22-11-12-23(37)15-35(14-22)27-25-19(3)13-32-26(25)33-17-34-27/h7-10,13,17-18,22-24H,11-12,14-16H2,1-6H3,(H,32,33,34)/t22-,23+,24-/m1/s1. The molecule has 1 N–H and O–H groups in total. The molecule has 4 heterocycles. The van der Waals surface area contributed by atoms with Crippen molar-refractivity contribution in [2.45, 2.75) is 84.0 Å². The van der Waals surface area contributed by atoms with Crippen LogP contribution in [0.2, 0.25) is 5.02 Å². The molecule has 214 valence electrons. The van der Waals surface area contributed by atoms with Gasteiger partial charge in [-0.15, -0.1) is 0 Å². The average Bonchev–Trinajstić information content (AvgIpc) is 3.39. The highest BCUT2D eigenvalue weighted by Gasteiger charge is 2.46. The van der Waals surface area contributed by atoms with Crippen LogP contribution in [-0.4, -0.2) is 80.1 Å². The van der Waals surface area contributed by atoms with Crippen LogP contribution in [0.3, 0.4) is 0 Å². The van der Waals surface area contributed by atoms with E-state index in [2.05, 4.69) is 31.7 Å². The molecule has 10 heteroatoms. The minimum absolute atomic E-state index is 0.0364. The van der Waals surface area contributed by atoms with E-state index in [0.717, 1.165) is 40.8 Å². The molecule has 3 atom stereocenters. The minimum Gasteiger partial charge on any atom is -0.444 e. The van der Waals surface area contributed by atoms with Gasteiger partial charge in [-0.2, -0.15) is 0 Å². The molecule has 2 aliphatic rings. The van der Waals surface area contributed by atoms with Gasteiger partial charge in [0.25, 0.3) is 0 Å². The monoisotopic (exact) mass is 566 g/mol. The number of rotatable bonds is 6. The van der Waals surface area contributed by atoms with Gasteiger partial charge in [0.15, 0.2) is 0 Å². The molecule has 40 heavy (non-hydrogen) atoms. The van der Waals surface area contributed by atoms with Crippen molar-refractivity contribution in [3.63, 3.8) is 0 Å². The number of carbonyl (C=O) groups is 2. The molecule has 0 spiro atoms. The third-order valence-electron chi connectivity index (χ3n) is 7.88. The van der Waals surface area contributed by atoms with Crippen LogP contribution in [0.5, 0.6) is 0 Å². The Morgan fingerprint density at radius 2 is 1.77 bits per heavy atom. The molecule has 0 unspecified atom stereocenters. The van der Waals surface area contributed by atoms with E-state index in [-0.39, 0.29) is 30.6 Å². The van der Waals surface area contributed by atoms with Gasteiger partial charge in [0, 0.05) is 49.0 Å². The summed E-state index contributed by atoms with van der Waals surface area (Å²) in [6.07, 6.45) is 5.00. The molecular weight excluding hydrogens is 528 g/mol. The summed E-state index contributed by atoms with van der Waals surface area (Å²) in [5.41, 5.74) is 2.14. The summed E-state index contributed by atoms with van der Waals surface area (Å²) in [5, 5.41) is 1.64. The van der Waals surface area contributed by atoms with Gasteiger partial charge in [-0.3, -0.25) is 4.79 Å². The second-order valence-electron chi connectivity index (χ2n) is 12.3. The molecule has 2 aliphatic heterocycles. The first kappa shape index (κ1) is 28.2. The van der Waals surface area contributed by atoms with Crippen LogP contribution in [-0.2, 0) is 9.53 Å². The highest BCUT2D eigenvalue weighted by Crippen LogP contribution is 2.37. The Morgan fingerprint density at radius 3 is 2.38 bits per heavy atom. The van der Waals surface area contributed by atoms with E-state index < -0.39 is 17.6 Å². The van der Waals surface area contributed by atoms with Crippen molar-refractivity contribution in [1.29, 1.82) is 0 Å². The lowest BCUT2D eigenvalue weighted by atomic mass is 9.95. The second-order valence-corrected chi connectivity index (χ2v) is 12.7. The summed E-state index contributed by atoms with van der Waals surface area (Å²) in [6, 6.07) is 7.35. The van der Waals surface area contributed by atoms with Crippen molar-refractivity contribution in [2.24, 2.45) is 0 Å². The number of hydrogen-bond acceptors (Lipinski definition) is 6. The van der Waals surface area contributed by atoms with E-state index in [9.17, 15) is 9.59 Å². The number of piperazine rings is 1. The minimum atomic E-state index is -0.635. The van der Waals surface area contributed by atoms with Gasteiger partial charge >= 0.3 is 6.09 Å². The van der Waals surface area contributed by atoms with Crippen LogP contribution in [0.4, 0.5) is 10.6 Å². The number of amides is 2. The zero-order chi connectivity index (χ0) is 28.8. The lowest BCUT2D eigenvalue weighted by Gasteiger charge is -2.43. The maximum atomic E-state index is 14.4. The molecule has 0 saturated carbocycles. The lowest BCUT2D eigenvalue weighted by molar-refractivity contribution is -0.136. The summed E-state index contributed by atoms with van der Waals surface area (Å²) >= 11 is 6.20. The van der Waals surface area contributed by atoms with Crippen LogP contribution in [0, 0.1) is 6.92 Å². The summed E-state index contributed by atoms with van der Waals surface area (Å²) in [4.78, 5) is 45.9. The molecule has 0 aliphatic carbocycles. The smallest absolute Gasteiger partial charge is 0.410 e. The SMILES string of the molecule is Cc1c[nH]c2ncnc(N3C[C@H]4CC[C@@H](C3)N4C(=O)[C@H](CN(C(=O)OC(C)(C)C)C(C)C)c3ccc(Cl)cc3)c12. The molecule has 0 radical (unpaired) electrons. The summed E-state index contributed by atoms with van der Waals surface area (Å²) in [5.74, 6) is 0.409. The van der Waals surface area contributed by atoms with Gasteiger partial charge in [-0.05, 0) is 77.6 Å². The molecular formula is C30H39ClN6O3. The van der Waals surface area contributed by atoms with Crippen molar-refractivity contribution in [2.75, 3.05) is 24.5 Å². The van der Waals surface area contributed by atoms with E-state index in [4.69, 9.17) is 16.3 Å². The van der Waals surface area contributed by atoms with Crippen LogP contribution < -0.4 is 4.90 Å². The molecule has 1 aromatic carbocycles. The molecule has 3 aromatic rings. The van der Waals surface area contributed by atoms with Gasteiger partial charge in [-0.25, -0.2) is 14.8 Å². The normalized spacial score (nSPS) is 19.8. The molecule has 2 fully saturated rings. The molecule has 2 amide bonds. The maximum Gasteiger partial charge on any atom is 0.410 e. The van der Waals surface area contributed by atoms with Crippen LogP contribution >= 0.6 is 11.6 Å². The maximum absolute atomic E-state index is 14.4. The zero-order valence-electron chi connectivity index (χ0n) is 24.1. The number of nitrogens with one attached hydrogen (secondary N) is 1. The Morgan fingerprint density at radius 1 is 1.12 bits per heavy atom. The largest absolute Gasteiger partial charge is 0.444 e. The van der Waals surface area contributed by atoms with Crippen LogP contribution in [0.25, 0.3) is 11.0 Å². The van der Waals surface area contributed by atoms with Crippen molar-refractivity contribution < 1.29 is 14.3 Å².